The summed E-state index contributed by atoms with van der Waals surface area (Å²) in [7, 11) is 0. The second-order valence-electron chi connectivity index (χ2n) is 9.80. The van der Waals surface area contributed by atoms with Crippen molar-refractivity contribution in [3.63, 3.8) is 0 Å². The molecule has 0 unspecified atom stereocenters. The van der Waals surface area contributed by atoms with Crippen LogP contribution < -0.4 is 10.2 Å². The van der Waals surface area contributed by atoms with Crippen LogP contribution in [0.4, 0.5) is 10.5 Å². The number of rotatable bonds is 5. The van der Waals surface area contributed by atoms with E-state index in [1.807, 2.05) is 39.0 Å². The van der Waals surface area contributed by atoms with Crippen molar-refractivity contribution in [1.82, 2.24) is 10.2 Å². The number of hydrogen-bond acceptors (Lipinski definition) is 5. The lowest BCUT2D eigenvalue weighted by Gasteiger charge is -2.40. The maximum atomic E-state index is 12.0. The van der Waals surface area contributed by atoms with Crippen molar-refractivity contribution in [2.24, 2.45) is 0 Å². The average Bonchev–Trinajstić information content (AvgIpc) is 2.70. The van der Waals surface area contributed by atoms with Crippen LogP contribution in [0.25, 0.3) is 0 Å². The van der Waals surface area contributed by atoms with Crippen LogP contribution in [0, 0.1) is 0 Å². The maximum absolute atomic E-state index is 12.0. The normalized spacial score (nSPS) is 25.4. The lowest BCUT2D eigenvalue weighted by molar-refractivity contribution is -0.0201. The Morgan fingerprint density at radius 1 is 1.19 bits per heavy atom. The average molecular weight is 472 g/mol. The quantitative estimate of drug-likeness (QED) is 0.650. The van der Waals surface area contributed by atoms with Crippen molar-refractivity contribution < 1.29 is 14.6 Å². The molecule has 1 aromatic carbocycles. The maximum Gasteiger partial charge on any atom is 0.407 e. The number of carbonyl (C=O) groups is 1. The molecule has 3 rings (SSSR count). The fourth-order valence-corrected chi connectivity index (χ4v) is 4.75. The van der Waals surface area contributed by atoms with Gasteiger partial charge in [0.2, 0.25) is 0 Å². The van der Waals surface area contributed by atoms with Crippen molar-refractivity contribution in [3.05, 3.63) is 28.2 Å². The molecule has 0 bridgehead atoms. The number of anilines is 1. The molecule has 2 N–H and O–H groups in total. The summed E-state index contributed by atoms with van der Waals surface area (Å²) in [5, 5.41) is 15.2. The molecule has 1 saturated heterocycles. The third-order valence-electron chi connectivity index (χ3n) is 6.17. The Hall–Kier alpha value is -1.21. The zero-order chi connectivity index (χ0) is 22.6. The Morgan fingerprint density at radius 2 is 1.84 bits per heavy atom. The van der Waals surface area contributed by atoms with Gasteiger partial charge in [0.15, 0.2) is 0 Å². The van der Waals surface area contributed by atoms with Gasteiger partial charge in [-0.15, -0.1) is 0 Å². The molecule has 1 aromatic rings. The third-order valence-corrected chi connectivity index (χ3v) is 6.98. The minimum absolute atomic E-state index is 0.0705. The first kappa shape index (κ1) is 24.4. The van der Waals surface area contributed by atoms with Gasteiger partial charge in [0.25, 0.3) is 0 Å². The molecule has 0 spiro atoms. The summed E-state index contributed by atoms with van der Waals surface area (Å²) in [6.45, 7) is 10.1. The second-order valence-corrected chi connectivity index (χ2v) is 10.6. The summed E-state index contributed by atoms with van der Waals surface area (Å²) >= 11 is 12.5. The van der Waals surface area contributed by atoms with E-state index in [-0.39, 0.29) is 12.1 Å². The summed E-state index contributed by atoms with van der Waals surface area (Å²) in [5.74, 6) is 0. The van der Waals surface area contributed by atoms with Crippen molar-refractivity contribution in [1.29, 1.82) is 0 Å². The van der Waals surface area contributed by atoms with Gasteiger partial charge >= 0.3 is 6.09 Å². The van der Waals surface area contributed by atoms with Crippen LogP contribution in [0.1, 0.15) is 52.9 Å². The van der Waals surface area contributed by atoms with Crippen molar-refractivity contribution >= 4 is 35.0 Å². The molecule has 1 amide bonds. The molecule has 1 saturated carbocycles. The van der Waals surface area contributed by atoms with E-state index in [0.29, 0.717) is 22.9 Å². The van der Waals surface area contributed by atoms with Gasteiger partial charge in [0.05, 0.1) is 21.3 Å². The van der Waals surface area contributed by atoms with E-state index >= 15 is 0 Å². The molecule has 0 radical (unpaired) electrons. The number of piperazine rings is 1. The summed E-state index contributed by atoms with van der Waals surface area (Å²) in [4.78, 5) is 16.6. The van der Waals surface area contributed by atoms with Crippen LogP contribution in [-0.2, 0) is 4.74 Å². The van der Waals surface area contributed by atoms with Crippen LogP contribution >= 0.6 is 23.2 Å². The Kier molecular flexibility index (Phi) is 8.00. The van der Waals surface area contributed by atoms with E-state index in [2.05, 4.69) is 15.1 Å². The summed E-state index contributed by atoms with van der Waals surface area (Å²) in [6.07, 6.45) is 3.33. The molecule has 0 aromatic heterocycles. The molecule has 0 atom stereocenters. The highest BCUT2D eigenvalue weighted by Gasteiger charge is 2.34. The van der Waals surface area contributed by atoms with Crippen LogP contribution in [0.3, 0.4) is 0 Å². The predicted octanol–water partition coefficient (Wildman–Crippen LogP) is 4.70. The standard InChI is InChI=1S/C23H35Cl2N3O3/c1-22(2,3)31-21(29)26-17-7-9-23(30,10-8-17)11-12-27-13-15-28(16-14-27)19-6-4-5-18(24)20(19)25/h4-6,17,30H,7-16H2,1-3H3,(H,26,29). The molecule has 6 nitrogen and oxygen atoms in total. The first-order valence-corrected chi connectivity index (χ1v) is 11.9. The van der Waals surface area contributed by atoms with E-state index in [0.717, 1.165) is 57.7 Å². The highest BCUT2D eigenvalue weighted by molar-refractivity contribution is 6.43. The van der Waals surface area contributed by atoms with Gasteiger partial charge in [-0.05, 0) is 65.0 Å². The number of nitrogens with zero attached hydrogens (tertiary/aromatic N) is 2. The number of benzene rings is 1. The first-order chi connectivity index (χ1) is 14.5. The highest BCUT2D eigenvalue weighted by Crippen LogP contribution is 2.34. The van der Waals surface area contributed by atoms with Crippen LogP contribution in [-0.4, -0.2) is 66.1 Å². The fourth-order valence-electron chi connectivity index (χ4n) is 4.34. The SMILES string of the molecule is CC(C)(C)OC(=O)NC1CCC(O)(CCN2CCN(c3cccc(Cl)c3Cl)CC2)CC1. The van der Waals surface area contributed by atoms with Crippen molar-refractivity contribution in [2.75, 3.05) is 37.6 Å². The minimum Gasteiger partial charge on any atom is -0.444 e. The molecule has 2 aliphatic rings. The van der Waals surface area contributed by atoms with Crippen LogP contribution in [0.5, 0.6) is 0 Å². The van der Waals surface area contributed by atoms with Gasteiger partial charge in [-0.2, -0.15) is 0 Å². The number of ether oxygens (including phenoxy) is 1. The van der Waals surface area contributed by atoms with Crippen LogP contribution in [0.15, 0.2) is 18.2 Å². The molecule has 2 fully saturated rings. The largest absolute Gasteiger partial charge is 0.444 e. The molecular formula is C23H35Cl2N3O3. The van der Waals surface area contributed by atoms with Gasteiger partial charge in [-0.3, -0.25) is 4.90 Å². The highest BCUT2D eigenvalue weighted by atomic mass is 35.5. The van der Waals surface area contributed by atoms with Crippen molar-refractivity contribution in [2.45, 2.75) is 70.1 Å². The van der Waals surface area contributed by atoms with Gasteiger partial charge in [0.1, 0.15) is 5.60 Å². The molecule has 1 aliphatic carbocycles. The molecule has 1 aliphatic heterocycles. The first-order valence-electron chi connectivity index (χ1n) is 11.2. The lowest BCUT2D eigenvalue weighted by Crippen LogP contribution is -2.49. The number of halogens is 2. The van der Waals surface area contributed by atoms with E-state index in [1.54, 1.807) is 0 Å². The number of alkyl carbamates (subject to hydrolysis) is 1. The van der Waals surface area contributed by atoms with Gasteiger partial charge < -0.3 is 20.1 Å². The lowest BCUT2D eigenvalue weighted by atomic mass is 9.80. The molecule has 31 heavy (non-hydrogen) atoms. The van der Waals surface area contributed by atoms with E-state index in [9.17, 15) is 9.90 Å². The summed E-state index contributed by atoms with van der Waals surface area (Å²) < 4.78 is 5.33. The number of aliphatic hydroxyl groups is 1. The number of carbonyl (C=O) groups excluding carboxylic acids is 1. The molecular weight excluding hydrogens is 437 g/mol. The Balaban J connectivity index is 1.39. The van der Waals surface area contributed by atoms with Gasteiger partial charge in [-0.25, -0.2) is 4.79 Å². The Bertz CT molecular complexity index is 753. The summed E-state index contributed by atoms with van der Waals surface area (Å²) in [6, 6.07) is 5.82. The predicted molar refractivity (Wildman–Crippen MR) is 126 cm³/mol. The number of amides is 1. The fraction of sp³-hybridized carbons (Fsp3) is 0.696. The van der Waals surface area contributed by atoms with Crippen molar-refractivity contribution in [3.8, 4) is 0 Å². The number of hydrogen-bond donors (Lipinski definition) is 2. The monoisotopic (exact) mass is 471 g/mol. The van der Waals surface area contributed by atoms with E-state index in [4.69, 9.17) is 27.9 Å². The second kappa shape index (κ2) is 10.2. The Morgan fingerprint density at radius 3 is 2.45 bits per heavy atom. The molecule has 1 heterocycles. The molecule has 8 heteroatoms. The van der Waals surface area contributed by atoms with E-state index < -0.39 is 11.2 Å². The third kappa shape index (κ3) is 7.14. The van der Waals surface area contributed by atoms with Crippen LogP contribution in [0.2, 0.25) is 10.0 Å². The van der Waals surface area contributed by atoms with E-state index in [1.165, 1.54) is 0 Å². The summed E-state index contributed by atoms with van der Waals surface area (Å²) in [5.41, 5.74) is -0.163. The Labute approximate surface area is 195 Å². The molecule has 174 valence electrons. The van der Waals surface area contributed by atoms with Gasteiger partial charge in [-0.1, -0.05) is 29.3 Å². The van der Waals surface area contributed by atoms with Gasteiger partial charge in [0, 0.05) is 38.8 Å². The number of nitrogens with one attached hydrogen (secondary N) is 1. The topological polar surface area (TPSA) is 65.0 Å². The zero-order valence-corrected chi connectivity index (χ0v) is 20.3. The smallest absolute Gasteiger partial charge is 0.407 e. The zero-order valence-electron chi connectivity index (χ0n) is 18.8. The minimum atomic E-state index is -0.653.